The van der Waals surface area contributed by atoms with E-state index in [0.717, 1.165) is 78.2 Å². The van der Waals surface area contributed by atoms with Crippen molar-refractivity contribution in [3.05, 3.63) is 0 Å². The Kier molecular flexibility index (Phi) is 52.3. The van der Waals surface area contributed by atoms with Crippen LogP contribution in [0, 0.1) is 0 Å². The number of nitrogens with one attached hydrogen (secondary N) is 3. The molecule has 21 N–H and O–H groups in total. The lowest BCUT2D eigenvalue weighted by atomic mass is 9.84. The molecule has 590 valence electrons. The Morgan fingerprint density at radius 3 is 1.03 bits per heavy atom. The molecule has 0 aromatic rings. The van der Waals surface area contributed by atoms with Gasteiger partial charge in [0.1, 0.15) is 12.2 Å². The standard InChI is InChI=1S/C30H64N8O5.8C2HF3O2/c31-21-26-25(39)20-24(34)30(42-26)43-28-23(33)19-22(32)27(40)29(28)41-18-6-4-2-1-3-5-15-38-16-8-11-36-13-12-35-9-7-10-37-14-17-38;8*3-2(4,5)1(6)7/h22-30,35-37,39-40H,1-21,31-34H2;8*(H,6,7)/t22-,23+,24-,25+,26-,27+,28-,29-,30-;;;;;;;;/m1......../s1. The van der Waals surface area contributed by atoms with Crippen LogP contribution in [0.2, 0.25) is 0 Å². The molecular formula is C46H72F24N8O21. The van der Waals surface area contributed by atoms with Gasteiger partial charge in [0.2, 0.25) is 0 Å². The van der Waals surface area contributed by atoms with Crippen molar-refractivity contribution < 1.29 is 209 Å². The van der Waals surface area contributed by atoms with Gasteiger partial charge >= 0.3 is 97.2 Å². The molecule has 0 radical (unpaired) electrons. The maximum Gasteiger partial charge on any atom is 0.490 e. The van der Waals surface area contributed by atoms with Crippen molar-refractivity contribution >= 4 is 47.8 Å². The normalized spacial score (nSPS) is 22.1. The number of carboxylic acids is 8. The fourth-order valence-electron chi connectivity index (χ4n) is 6.30. The molecule has 1 aliphatic carbocycles. The molecule has 2 saturated heterocycles. The van der Waals surface area contributed by atoms with Crippen LogP contribution in [0.25, 0.3) is 0 Å². The Labute approximate surface area is 541 Å². The molecule has 9 atom stereocenters. The number of aliphatic hydroxyl groups is 2. The summed E-state index contributed by atoms with van der Waals surface area (Å²) in [4.78, 5) is 73.8. The Morgan fingerprint density at radius 2 is 0.707 bits per heavy atom. The zero-order valence-corrected chi connectivity index (χ0v) is 50.3. The average Bonchev–Trinajstić information content (AvgIpc) is 0.797. The molecule has 0 aromatic heterocycles. The van der Waals surface area contributed by atoms with Gasteiger partial charge < -0.3 is 109 Å². The minimum absolute atomic E-state index is 0.156. The minimum atomic E-state index is -5.08. The van der Waals surface area contributed by atoms with Crippen molar-refractivity contribution in [1.82, 2.24) is 20.9 Å². The molecule has 0 bridgehead atoms. The number of nitrogens with zero attached hydrogens (tertiary/aromatic N) is 1. The SMILES string of the molecule is NC[C@H]1O[C@H](O[C@H]2[C@H](OCCCCCCCCN3CCCNCCNCCCNCC3)[C@@H](O)[C@H](N)C[C@@H]2N)[C@H](N)C[C@@H]1O.O=C(O)C(F)(F)F.O=C(O)C(F)(F)F.O=C(O)C(F)(F)F.O=C(O)C(F)(F)F.O=C(O)C(F)(F)F.O=C(O)C(F)(F)F.O=C(O)C(F)(F)F.O=C(O)C(F)(F)F. The van der Waals surface area contributed by atoms with E-state index in [-0.39, 0.29) is 6.54 Å². The van der Waals surface area contributed by atoms with Crippen LogP contribution in [0.3, 0.4) is 0 Å². The van der Waals surface area contributed by atoms with Crippen molar-refractivity contribution in [2.75, 3.05) is 72.1 Å². The van der Waals surface area contributed by atoms with Gasteiger partial charge in [-0.05, 0) is 71.2 Å². The number of alkyl halides is 24. The summed E-state index contributed by atoms with van der Waals surface area (Å²) in [6.45, 7) is 10.5. The van der Waals surface area contributed by atoms with Crippen LogP contribution >= 0.6 is 0 Å². The lowest BCUT2D eigenvalue weighted by Gasteiger charge is -2.45. The summed E-state index contributed by atoms with van der Waals surface area (Å²) in [6.07, 6.45) is -35.1. The maximum absolute atomic E-state index is 10.8. The summed E-state index contributed by atoms with van der Waals surface area (Å²) in [6, 6.07) is -1.46. The second kappa shape index (κ2) is 50.0. The number of aliphatic carboxylic acids is 8. The van der Waals surface area contributed by atoms with Crippen molar-refractivity contribution in [2.45, 2.75) is 169 Å². The van der Waals surface area contributed by atoms with E-state index >= 15 is 0 Å². The summed E-state index contributed by atoms with van der Waals surface area (Å²) in [5.41, 5.74) is 24.5. The molecule has 3 aliphatic rings. The summed E-state index contributed by atoms with van der Waals surface area (Å²) in [7, 11) is 0. The topological polar surface area (TPSA) is 510 Å². The summed E-state index contributed by atoms with van der Waals surface area (Å²) in [5, 5.41) is 88.6. The highest BCUT2D eigenvalue weighted by Gasteiger charge is 2.47. The molecule has 99 heavy (non-hydrogen) atoms. The summed E-state index contributed by atoms with van der Waals surface area (Å²) >= 11 is 0. The number of halogens is 24. The number of carboxylic acid groups (broad SMARTS) is 8. The van der Waals surface area contributed by atoms with E-state index in [1.165, 1.54) is 32.1 Å². The third kappa shape index (κ3) is 59.0. The second-order valence-corrected chi connectivity index (χ2v) is 19.1. The van der Waals surface area contributed by atoms with Gasteiger partial charge in [0.25, 0.3) is 0 Å². The van der Waals surface area contributed by atoms with E-state index < -0.39 is 152 Å². The number of aliphatic hydroxyl groups excluding tert-OH is 2. The van der Waals surface area contributed by atoms with Crippen molar-refractivity contribution in [2.24, 2.45) is 22.9 Å². The summed E-state index contributed by atoms with van der Waals surface area (Å²) < 4.78 is 272. The zero-order chi connectivity index (χ0) is 79.5. The largest absolute Gasteiger partial charge is 0.490 e. The number of rotatable bonds is 13. The lowest BCUT2D eigenvalue weighted by Crippen LogP contribution is -2.65. The molecule has 2 aliphatic heterocycles. The van der Waals surface area contributed by atoms with Crippen LogP contribution in [0.1, 0.15) is 64.2 Å². The molecule has 1 saturated carbocycles. The fourth-order valence-corrected chi connectivity index (χ4v) is 6.30. The smallest absolute Gasteiger partial charge is 0.475 e. The Balaban J connectivity index is -0.000000308. The van der Waals surface area contributed by atoms with Gasteiger partial charge in [0.15, 0.2) is 6.29 Å². The van der Waals surface area contributed by atoms with Gasteiger partial charge in [-0.2, -0.15) is 105 Å². The number of hydrogen-bond donors (Lipinski definition) is 17. The number of nitrogens with two attached hydrogens (primary N) is 4. The molecule has 3 fully saturated rings. The van der Waals surface area contributed by atoms with Crippen molar-refractivity contribution in [3.8, 4) is 0 Å². The molecule has 2 heterocycles. The van der Waals surface area contributed by atoms with Crippen LogP contribution in [0.5, 0.6) is 0 Å². The predicted molar refractivity (Wildman–Crippen MR) is 279 cm³/mol. The van der Waals surface area contributed by atoms with Gasteiger partial charge in [-0.25, -0.2) is 38.4 Å². The number of carbonyl (C=O) groups is 8. The van der Waals surface area contributed by atoms with Crippen LogP contribution < -0.4 is 38.9 Å². The first-order valence-corrected chi connectivity index (χ1v) is 27.0. The third-order valence-electron chi connectivity index (χ3n) is 10.9. The number of ether oxygens (including phenoxy) is 3. The first kappa shape index (κ1) is 104. The van der Waals surface area contributed by atoms with E-state index in [1.54, 1.807) is 0 Å². The van der Waals surface area contributed by atoms with Crippen LogP contribution in [0.4, 0.5) is 105 Å². The third-order valence-corrected chi connectivity index (χ3v) is 10.9. The highest BCUT2D eigenvalue weighted by Crippen LogP contribution is 2.29. The van der Waals surface area contributed by atoms with Gasteiger partial charge in [-0.15, -0.1) is 0 Å². The molecule has 0 spiro atoms. The first-order valence-electron chi connectivity index (χ1n) is 27.0. The van der Waals surface area contributed by atoms with Gasteiger partial charge in [0.05, 0.1) is 24.4 Å². The zero-order valence-electron chi connectivity index (χ0n) is 50.3. The van der Waals surface area contributed by atoms with Gasteiger partial charge in [0, 0.05) is 51.4 Å². The van der Waals surface area contributed by atoms with Crippen LogP contribution in [-0.4, -0.2) is 280 Å². The second-order valence-electron chi connectivity index (χ2n) is 19.1. The minimum Gasteiger partial charge on any atom is -0.475 e. The van der Waals surface area contributed by atoms with E-state index in [4.69, 9.17) is 116 Å². The molecular weight excluding hydrogens is 1460 g/mol. The Morgan fingerprint density at radius 1 is 0.404 bits per heavy atom. The van der Waals surface area contributed by atoms with Crippen LogP contribution in [0.15, 0.2) is 0 Å². The number of hydrogen-bond acceptors (Lipinski definition) is 21. The van der Waals surface area contributed by atoms with Crippen LogP contribution in [-0.2, 0) is 52.6 Å². The van der Waals surface area contributed by atoms with Gasteiger partial charge in [-0.1, -0.05) is 25.7 Å². The molecule has 29 nitrogen and oxygen atoms in total. The van der Waals surface area contributed by atoms with Gasteiger partial charge in [-0.3, -0.25) is 0 Å². The lowest BCUT2D eigenvalue weighted by molar-refractivity contribution is -0.272. The van der Waals surface area contributed by atoms with Crippen molar-refractivity contribution in [3.63, 3.8) is 0 Å². The molecule has 3 rings (SSSR count). The molecule has 0 amide bonds. The Hall–Kier alpha value is -6.44. The molecule has 0 unspecified atom stereocenters. The van der Waals surface area contributed by atoms with Crippen molar-refractivity contribution in [1.29, 1.82) is 0 Å². The quantitative estimate of drug-likeness (QED) is 0.0929. The highest BCUT2D eigenvalue weighted by molar-refractivity contribution is 5.75. The predicted octanol–water partition coefficient (Wildman–Crippen LogP) is 3.21. The molecule has 53 heteroatoms. The fraction of sp³-hybridized carbons (Fsp3) is 0.826. The average molecular weight is 1530 g/mol. The Bertz CT molecular complexity index is 1990. The maximum atomic E-state index is 10.8. The van der Waals surface area contributed by atoms with E-state index in [1.807, 2.05) is 0 Å². The van der Waals surface area contributed by atoms with E-state index in [9.17, 15) is 116 Å². The van der Waals surface area contributed by atoms with E-state index in [2.05, 4.69) is 20.9 Å². The first-order chi connectivity index (χ1) is 44.4. The van der Waals surface area contributed by atoms with E-state index in [0.29, 0.717) is 19.4 Å². The molecule has 0 aromatic carbocycles. The summed E-state index contributed by atoms with van der Waals surface area (Å²) in [5.74, 6) is -22.1. The monoisotopic (exact) mass is 1530 g/mol. The highest BCUT2D eigenvalue weighted by atomic mass is 19.4. The number of unbranched alkanes of at least 4 members (excludes halogenated alkanes) is 5.